The van der Waals surface area contributed by atoms with Crippen LogP contribution in [-0.2, 0) is 9.59 Å². The number of rotatable bonds is 2. The summed E-state index contributed by atoms with van der Waals surface area (Å²) in [5, 5.41) is 3.31. The monoisotopic (exact) mass is 362 g/mol. The van der Waals surface area contributed by atoms with Crippen LogP contribution in [0.15, 0.2) is 40.1 Å². The average Bonchev–Trinajstić information content (AvgIpc) is 2.73. The van der Waals surface area contributed by atoms with Gasteiger partial charge in [-0.25, -0.2) is 0 Å². The molecule has 0 radical (unpaired) electrons. The number of Topliss-reactive ketones (excluding diaryl/α,β-unsaturated/α-hetero) is 1. The number of hydrogen-bond acceptors (Lipinski definition) is 3. The number of fused-ring (bicyclic) bond motifs is 1. The van der Waals surface area contributed by atoms with Crippen molar-refractivity contribution < 1.29 is 9.59 Å². The summed E-state index contributed by atoms with van der Waals surface area (Å²) in [6, 6.07) is 7.82. The van der Waals surface area contributed by atoms with Crippen LogP contribution in [0, 0.1) is 0 Å². The van der Waals surface area contributed by atoms with Crippen molar-refractivity contribution in [2.24, 2.45) is 0 Å². The van der Waals surface area contributed by atoms with Crippen LogP contribution in [0.1, 0.15) is 37.7 Å². The van der Waals surface area contributed by atoms with Gasteiger partial charge in [-0.2, -0.15) is 0 Å². The standard InChI is InChI=1S/C17H19BrN2O2/c1-11(21)16-13(12-6-2-3-7-14(12)18)10-15(22)20-9-5-4-8-19-17(16)20/h2-3,6-7,13,19H,4-5,8-10H2,1H3. The Morgan fingerprint density at radius 2 is 2.09 bits per heavy atom. The molecule has 1 atom stereocenters. The maximum atomic E-state index is 12.6. The third-order valence-electron chi connectivity index (χ3n) is 4.31. The van der Waals surface area contributed by atoms with E-state index >= 15 is 0 Å². The molecule has 0 saturated carbocycles. The van der Waals surface area contributed by atoms with E-state index in [1.54, 1.807) is 11.8 Å². The number of carbonyl (C=O) groups is 2. The van der Waals surface area contributed by atoms with Gasteiger partial charge in [0.15, 0.2) is 5.78 Å². The molecular formula is C17H19BrN2O2. The van der Waals surface area contributed by atoms with Crippen molar-refractivity contribution in [3.63, 3.8) is 0 Å². The molecule has 1 saturated heterocycles. The molecule has 22 heavy (non-hydrogen) atoms. The molecule has 1 amide bonds. The number of amides is 1. The summed E-state index contributed by atoms with van der Waals surface area (Å²) < 4.78 is 0.939. The second-order valence-electron chi connectivity index (χ2n) is 5.78. The largest absolute Gasteiger partial charge is 0.371 e. The lowest BCUT2D eigenvalue weighted by Crippen LogP contribution is -2.43. The highest BCUT2D eigenvalue weighted by atomic mass is 79.9. The molecule has 2 aliphatic rings. The van der Waals surface area contributed by atoms with Crippen LogP contribution in [0.2, 0.25) is 0 Å². The first-order valence-corrected chi connectivity index (χ1v) is 8.42. The minimum Gasteiger partial charge on any atom is -0.371 e. The molecule has 3 rings (SSSR count). The average molecular weight is 363 g/mol. The highest BCUT2D eigenvalue weighted by molar-refractivity contribution is 9.10. The van der Waals surface area contributed by atoms with Gasteiger partial charge in [-0.1, -0.05) is 34.1 Å². The van der Waals surface area contributed by atoms with E-state index in [9.17, 15) is 9.59 Å². The lowest BCUT2D eigenvalue weighted by atomic mass is 9.83. The van der Waals surface area contributed by atoms with Gasteiger partial charge in [-0.15, -0.1) is 0 Å². The van der Waals surface area contributed by atoms with Gasteiger partial charge >= 0.3 is 0 Å². The number of ketones is 1. The first-order valence-electron chi connectivity index (χ1n) is 7.63. The van der Waals surface area contributed by atoms with Gasteiger partial charge in [0.05, 0.1) is 0 Å². The fourth-order valence-corrected chi connectivity index (χ4v) is 3.85. The topological polar surface area (TPSA) is 49.4 Å². The molecule has 2 heterocycles. The van der Waals surface area contributed by atoms with E-state index in [-0.39, 0.29) is 17.6 Å². The Morgan fingerprint density at radius 3 is 2.82 bits per heavy atom. The van der Waals surface area contributed by atoms with E-state index in [0.29, 0.717) is 13.0 Å². The lowest BCUT2D eigenvalue weighted by Gasteiger charge is -2.35. The van der Waals surface area contributed by atoms with Crippen molar-refractivity contribution in [3.8, 4) is 0 Å². The van der Waals surface area contributed by atoms with Gasteiger partial charge in [0.2, 0.25) is 5.91 Å². The number of nitrogens with zero attached hydrogens (tertiary/aromatic N) is 1. The maximum Gasteiger partial charge on any atom is 0.229 e. The number of carbonyl (C=O) groups excluding carboxylic acids is 2. The highest BCUT2D eigenvalue weighted by Gasteiger charge is 2.37. The summed E-state index contributed by atoms with van der Waals surface area (Å²) in [4.78, 5) is 26.6. The van der Waals surface area contributed by atoms with Crippen LogP contribution in [0.4, 0.5) is 0 Å². The van der Waals surface area contributed by atoms with Gasteiger partial charge in [0.1, 0.15) is 5.82 Å². The number of hydrogen-bond donors (Lipinski definition) is 1. The molecule has 0 spiro atoms. The summed E-state index contributed by atoms with van der Waals surface area (Å²) in [6.45, 7) is 3.09. The zero-order chi connectivity index (χ0) is 15.7. The minimum absolute atomic E-state index is 0.0302. The summed E-state index contributed by atoms with van der Waals surface area (Å²) in [5.74, 6) is 0.664. The lowest BCUT2D eigenvalue weighted by molar-refractivity contribution is -0.130. The molecule has 1 aromatic rings. The summed E-state index contributed by atoms with van der Waals surface area (Å²) in [5.41, 5.74) is 1.73. The van der Waals surface area contributed by atoms with Gasteiger partial charge in [0, 0.05) is 35.5 Å². The van der Waals surface area contributed by atoms with E-state index in [0.717, 1.165) is 40.8 Å². The third-order valence-corrected chi connectivity index (χ3v) is 5.04. The second-order valence-corrected chi connectivity index (χ2v) is 6.63. The Kier molecular flexibility index (Phi) is 4.34. The summed E-state index contributed by atoms with van der Waals surface area (Å²) in [7, 11) is 0. The fourth-order valence-electron chi connectivity index (χ4n) is 3.29. The molecular weight excluding hydrogens is 344 g/mol. The number of benzene rings is 1. The number of allylic oxidation sites excluding steroid dienone is 1. The van der Waals surface area contributed by atoms with Crippen LogP contribution < -0.4 is 5.32 Å². The fraction of sp³-hybridized carbons (Fsp3) is 0.412. The van der Waals surface area contributed by atoms with Crippen LogP contribution in [-0.4, -0.2) is 29.7 Å². The predicted molar refractivity (Wildman–Crippen MR) is 88.2 cm³/mol. The number of nitrogens with one attached hydrogen (secondary N) is 1. The Hall–Kier alpha value is -1.62. The zero-order valence-electron chi connectivity index (χ0n) is 12.6. The van der Waals surface area contributed by atoms with Crippen molar-refractivity contribution in [2.75, 3.05) is 13.1 Å². The molecule has 1 unspecified atom stereocenters. The van der Waals surface area contributed by atoms with Crippen molar-refractivity contribution in [3.05, 3.63) is 45.7 Å². The van der Waals surface area contributed by atoms with Gasteiger partial charge in [0.25, 0.3) is 0 Å². The van der Waals surface area contributed by atoms with Crippen molar-refractivity contribution in [2.45, 2.75) is 32.1 Å². The third kappa shape index (κ3) is 2.70. The highest BCUT2D eigenvalue weighted by Crippen LogP contribution is 2.39. The first kappa shape index (κ1) is 15.3. The molecule has 5 heteroatoms. The first-order chi connectivity index (χ1) is 10.6. The van der Waals surface area contributed by atoms with Crippen molar-refractivity contribution in [1.29, 1.82) is 0 Å². The quantitative estimate of drug-likeness (QED) is 0.879. The second kappa shape index (κ2) is 6.24. The van der Waals surface area contributed by atoms with E-state index in [4.69, 9.17) is 0 Å². The zero-order valence-corrected chi connectivity index (χ0v) is 14.1. The van der Waals surface area contributed by atoms with E-state index in [1.165, 1.54) is 0 Å². The predicted octanol–water partition coefficient (Wildman–Crippen LogP) is 2.95. The van der Waals surface area contributed by atoms with Crippen LogP contribution in [0.25, 0.3) is 0 Å². The maximum absolute atomic E-state index is 12.6. The van der Waals surface area contributed by atoms with Gasteiger partial charge in [-0.05, 0) is 31.4 Å². The van der Waals surface area contributed by atoms with Gasteiger partial charge in [-0.3, -0.25) is 14.5 Å². The van der Waals surface area contributed by atoms with E-state index in [1.807, 2.05) is 24.3 Å². The van der Waals surface area contributed by atoms with Crippen molar-refractivity contribution >= 4 is 27.6 Å². The van der Waals surface area contributed by atoms with E-state index in [2.05, 4.69) is 21.2 Å². The molecule has 2 aliphatic heterocycles. The Bertz CT molecular complexity index is 654. The molecule has 0 bridgehead atoms. The molecule has 1 fully saturated rings. The molecule has 0 aliphatic carbocycles. The Labute approximate surface area is 138 Å². The van der Waals surface area contributed by atoms with Gasteiger partial charge < -0.3 is 5.32 Å². The molecule has 116 valence electrons. The number of halogens is 1. The Morgan fingerprint density at radius 1 is 1.32 bits per heavy atom. The molecule has 4 nitrogen and oxygen atoms in total. The minimum atomic E-state index is -0.183. The van der Waals surface area contributed by atoms with Crippen LogP contribution >= 0.6 is 15.9 Å². The molecule has 0 aromatic heterocycles. The summed E-state index contributed by atoms with van der Waals surface area (Å²) in [6.07, 6.45) is 2.33. The normalized spacial score (nSPS) is 22.0. The van der Waals surface area contributed by atoms with E-state index < -0.39 is 0 Å². The van der Waals surface area contributed by atoms with Crippen molar-refractivity contribution in [1.82, 2.24) is 10.2 Å². The Balaban J connectivity index is 2.14. The molecule has 1 aromatic carbocycles. The smallest absolute Gasteiger partial charge is 0.229 e. The van der Waals surface area contributed by atoms with Crippen LogP contribution in [0.3, 0.4) is 0 Å². The summed E-state index contributed by atoms with van der Waals surface area (Å²) >= 11 is 3.55. The molecule has 1 N–H and O–H groups in total. The van der Waals surface area contributed by atoms with Crippen LogP contribution in [0.5, 0.6) is 0 Å². The SMILES string of the molecule is CC(=O)C1=C2NCCCCN2C(=O)CC1c1ccccc1Br.